The van der Waals surface area contributed by atoms with Gasteiger partial charge in [-0.15, -0.1) is 11.3 Å². The van der Waals surface area contributed by atoms with Gasteiger partial charge in [0.15, 0.2) is 0 Å². The summed E-state index contributed by atoms with van der Waals surface area (Å²) < 4.78 is 8.17. The van der Waals surface area contributed by atoms with Gasteiger partial charge in [-0.05, 0) is 57.9 Å². The molecule has 1 fully saturated rings. The van der Waals surface area contributed by atoms with E-state index in [2.05, 4.69) is 33.5 Å². The molecule has 6 heteroatoms. The summed E-state index contributed by atoms with van der Waals surface area (Å²) in [7, 11) is 0. The summed E-state index contributed by atoms with van der Waals surface area (Å²) in [4.78, 5) is 18.1. The van der Waals surface area contributed by atoms with Gasteiger partial charge in [-0.3, -0.25) is 4.79 Å². The Balaban J connectivity index is 1.39. The highest BCUT2D eigenvalue weighted by atomic mass is 32.1. The molecular formula is C28H33N3O2S. The lowest BCUT2D eigenvalue weighted by Gasteiger charge is -2.16. The molecule has 0 saturated carbocycles. The number of carbonyl (C=O) groups excluding carboxylic acids is 1. The molecule has 34 heavy (non-hydrogen) atoms. The van der Waals surface area contributed by atoms with Crippen molar-refractivity contribution in [3.8, 4) is 22.0 Å². The van der Waals surface area contributed by atoms with Crippen LogP contribution in [0.25, 0.3) is 22.0 Å². The molecule has 0 radical (unpaired) electrons. The Morgan fingerprint density at radius 1 is 1.24 bits per heavy atom. The molecule has 1 amide bonds. The van der Waals surface area contributed by atoms with Crippen LogP contribution in [0, 0.1) is 6.92 Å². The number of allylic oxidation sites excluding steroid dienone is 1. The number of benzene rings is 1. The fraction of sp³-hybridized carbons (Fsp3) is 0.429. The first kappa shape index (κ1) is 23.1. The van der Waals surface area contributed by atoms with Crippen molar-refractivity contribution in [3.63, 3.8) is 0 Å². The zero-order valence-electron chi connectivity index (χ0n) is 19.9. The van der Waals surface area contributed by atoms with Crippen molar-refractivity contribution < 1.29 is 9.53 Å². The Kier molecular flexibility index (Phi) is 7.26. The van der Waals surface area contributed by atoms with Gasteiger partial charge in [0.1, 0.15) is 5.01 Å². The number of hydrogen-bond acceptors (Lipinski definition) is 4. The van der Waals surface area contributed by atoms with Gasteiger partial charge < -0.3 is 14.6 Å². The van der Waals surface area contributed by atoms with Gasteiger partial charge in [-0.2, -0.15) is 0 Å². The lowest BCUT2D eigenvalue weighted by molar-refractivity contribution is 0.0941. The lowest BCUT2D eigenvalue weighted by Crippen LogP contribution is -2.25. The van der Waals surface area contributed by atoms with Crippen LogP contribution in [-0.4, -0.2) is 34.7 Å². The Bertz CT molecular complexity index is 1160. The lowest BCUT2D eigenvalue weighted by atomic mass is 9.97. The molecular weight excluding hydrogens is 442 g/mol. The summed E-state index contributed by atoms with van der Waals surface area (Å²) in [6.45, 7) is 4.30. The molecule has 1 saturated heterocycles. The van der Waals surface area contributed by atoms with E-state index in [1.165, 1.54) is 31.3 Å². The number of hydrogen-bond donors (Lipinski definition) is 1. The quantitative estimate of drug-likeness (QED) is 0.384. The predicted octanol–water partition coefficient (Wildman–Crippen LogP) is 6.39. The van der Waals surface area contributed by atoms with Crippen LogP contribution in [0.3, 0.4) is 0 Å². The average molecular weight is 476 g/mol. The van der Waals surface area contributed by atoms with Crippen LogP contribution in [-0.2, 0) is 11.3 Å². The zero-order valence-corrected chi connectivity index (χ0v) is 20.7. The van der Waals surface area contributed by atoms with Crippen molar-refractivity contribution in [1.29, 1.82) is 0 Å². The van der Waals surface area contributed by atoms with Gasteiger partial charge in [0.2, 0.25) is 0 Å². The smallest absolute Gasteiger partial charge is 0.253 e. The molecule has 1 N–H and O–H groups in total. The minimum absolute atomic E-state index is 0.000220. The second-order valence-electron chi connectivity index (χ2n) is 9.29. The van der Waals surface area contributed by atoms with E-state index >= 15 is 0 Å². The maximum absolute atomic E-state index is 13.2. The fourth-order valence-electron chi connectivity index (χ4n) is 4.98. The highest BCUT2D eigenvalue weighted by Gasteiger charge is 2.24. The molecule has 1 aliphatic heterocycles. The van der Waals surface area contributed by atoms with E-state index in [1.54, 1.807) is 11.3 Å². The van der Waals surface area contributed by atoms with E-state index in [4.69, 9.17) is 9.72 Å². The Morgan fingerprint density at radius 2 is 2.12 bits per heavy atom. The van der Waals surface area contributed by atoms with Gasteiger partial charge in [0.25, 0.3) is 5.91 Å². The van der Waals surface area contributed by atoms with Crippen molar-refractivity contribution in [1.82, 2.24) is 14.9 Å². The predicted molar refractivity (Wildman–Crippen MR) is 138 cm³/mol. The standard InChI is InChI=1S/C28H33N3O2S/c1-20-24(27(32)29-15-14-21-9-4-2-5-10-21)17-26(31(20)18-23-13-8-16-33-23)25-19-34-28(30-25)22-11-6-3-7-12-22/h3,6-7,9,11-12,17,19,23H,2,4-5,8,10,13-16,18H2,1H3,(H,29,32). The topological polar surface area (TPSA) is 56.2 Å². The number of ether oxygens (including phenoxy) is 1. The van der Waals surface area contributed by atoms with Gasteiger partial charge in [-0.1, -0.05) is 42.0 Å². The molecule has 1 unspecified atom stereocenters. The molecule has 5 rings (SSSR count). The van der Waals surface area contributed by atoms with Crippen LogP contribution >= 0.6 is 11.3 Å². The highest BCUT2D eigenvalue weighted by molar-refractivity contribution is 7.13. The van der Waals surface area contributed by atoms with Crippen molar-refractivity contribution >= 4 is 17.2 Å². The van der Waals surface area contributed by atoms with Gasteiger partial charge in [0, 0.05) is 36.3 Å². The maximum atomic E-state index is 13.2. The second kappa shape index (κ2) is 10.7. The monoisotopic (exact) mass is 475 g/mol. The van der Waals surface area contributed by atoms with Gasteiger partial charge in [0.05, 0.1) is 23.1 Å². The first-order chi connectivity index (χ1) is 16.7. The van der Waals surface area contributed by atoms with Crippen LogP contribution < -0.4 is 5.32 Å². The van der Waals surface area contributed by atoms with Gasteiger partial charge in [-0.25, -0.2) is 4.98 Å². The average Bonchev–Trinajstić information content (AvgIpc) is 3.62. The van der Waals surface area contributed by atoms with Crippen LogP contribution in [0.5, 0.6) is 0 Å². The zero-order chi connectivity index (χ0) is 23.3. The molecule has 5 nitrogen and oxygen atoms in total. The summed E-state index contributed by atoms with van der Waals surface area (Å²) in [6, 6.07) is 12.3. The molecule has 0 bridgehead atoms. The minimum atomic E-state index is -0.000220. The summed E-state index contributed by atoms with van der Waals surface area (Å²) >= 11 is 1.64. The van der Waals surface area contributed by atoms with Gasteiger partial charge >= 0.3 is 0 Å². The Labute approximate surface area is 205 Å². The minimum Gasteiger partial charge on any atom is -0.376 e. The molecule has 2 aromatic heterocycles. The van der Waals surface area contributed by atoms with E-state index < -0.39 is 0 Å². The van der Waals surface area contributed by atoms with Crippen molar-refractivity contribution in [2.75, 3.05) is 13.2 Å². The third-order valence-electron chi connectivity index (χ3n) is 6.93. The normalized spacial score (nSPS) is 18.1. The Hall–Kier alpha value is -2.70. The van der Waals surface area contributed by atoms with E-state index in [0.29, 0.717) is 6.54 Å². The fourth-order valence-corrected chi connectivity index (χ4v) is 5.80. The van der Waals surface area contributed by atoms with Crippen LogP contribution in [0.15, 0.2) is 53.4 Å². The molecule has 1 aromatic carbocycles. The Morgan fingerprint density at radius 3 is 2.88 bits per heavy atom. The molecule has 2 aliphatic rings. The number of amides is 1. The third-order valence-corrected chi connectivity index (χ3v) is 7.82. The summed E-state index contributed by atoms with van der Waals surface area (Å²) in [5.41, 5.74) is 6.22. The number of thiazole rings is 1. The molecule has 178 valence electrons. The van der Waals surface area contributed by atoms with Crippen molar-refractivity contribution in [2.24, 2.45) is 0 Å². The molecule has 3 heterocycles. The number of carbonyl (C=O) groups is 1. The number of rotatable bonds is 8. The largest absolute Gasteiger partial charge is 0.376 e. The SMILES string of the molecule is Cc1c(C(=O)NCCC2=CCCCC2)cc(-c2csc(-c3ccccc3)n2)n1CC1CCCO1. The van der Waals surface area contributed by atoms with Crippen molar-refractivity contribution in [3.05, 3.63) is 64.7 Å². The highest BCUT2D eigenvalue weighted by Crippen LogP contribution is 2.32. The number of nitrogens with one attached hydrogen (secondary N) is 1. The van der Waals surface area contributed by atoms with Crippen molar-refractivity contribution in [2.45, 2.75) is 64.5 Å². The van der Waals surface area contributed by atoms with Crippen LogP contribution in [0.1, 0.15) is 61.0 Å². The second-order valence-corrected chi connectivity index (χ2v) is 10.2. The maximum Gasteiger partial charge on any atom is 0.253 e. The first-order valence-electron chi connectivity index (χ1n) is 12.5. The molecule has 1 atom stereocenters. The number of nitrogens with zero attached hydrogens (tertiary/aromatic N) is 2. The van der Waals surface area contributed by atoms with E-state index in [0.717, 1.165) is 65.6 Å². The van der Waals surface area contributed by atoms with Crippen LogP contribution in [0.2, 0.25) is 0 Å². The number of aromatic nitrogens is 2. The first-order valence-corrected chi connectivity index (χ1v) is 13.4. The van der Waals surface area contributed by atoms with E-state index in [1.807, 2.05) is 31.2 Å². The third kappa shape index (κ3) is 5.18. The molecule has 0 spiro atoms. The summed E-state index contributed by atoms with van der Waals surface area (Å²) in [5.74, 6) is -0.000220. The summed E-state index contributed by atoms with van der Waals surface area (Å²) in [6.07, 6.45) is 10.5. The van der Waals surface area contributed by atoms with E-state index in [9.17, 15) is 4.79 Å². The van der Waals surface area contributed by atoms with E-state index in [-0.39, 0.29) is 12.0 Å². The molecule has 1 aliphatic carbocycles. The van der Waals surface area contributed by atoms with Crippen LogP contribution in [0.4, 0.5) is 0 Å². The molecule has 3 aromatic rings. The summed E-state index contributed by atoms with van der Waals surface area (Å²) in [5, 5.41) is 6.25.